The lowest BCUT2D eigenvalue weighted by Crippen LogP contribution is -2.51. The topological polar surface area (TPSA) is 92.9 Å². The highest BCUT2D eigenvalue weighted by Crippen LogP contribution is 2.44. The van der Waals surface area contributed by atoms with Crippen molar-refractivity contribution in [1.29, 1.82) is 0 Å². The molecule has 2 aliphatic heterocycles. The maximum Gasteiger partial charge on any atom is 0.411 e. The Balaban J connectivity index is 1.09. The van der Waals surface area contributed by atoms with Gasteiger partial charge in [0, 0.05) is 38.0 Å². The third-order valence-electron chi connectivity index (χ3n) is 9.97. The van der Waals surface area contributed by atoms with Gasteiger partial charge in [0.25, 0.3) is 0 Å². The molecule has 0 radical (unpaired) electrons. The van der Waals surface area contributed by atoms with Crippen LogP contribution in [0.2, 0.25) is 0 Å². The molecular weight excluding hydrogens is 557 g/mol. The molecule has 2 heterocycles. The predicted molar refractivity (Wildman–Crippen MR) is 167 cm³/mol. The zero-order chi connectivity index (χ0) is 31.2. The van der Waals surface area contributed by atoms with Gasteiger partial charge in [-0.2, -0.15) is 0 Å². The van der Waals surface area contributed by atoms with Gasteiger partial charge in [-0.25, -0.2) is 9.18 Å². The standard InChI is InChI=1S/C36H44FN3O4/c1-36(2,3)44-35(43)40-30-12-11-25(16-30)33(40)32(41)18-27(34(38)42)13-24-10-9-23(17-31(24)37)26-14-28-20-39(21-29(28)15-26)19-22-7-5-4-6-8-22/h4-10,14,17,25,27-30,33H,11-13,15-16,18-21H2,1-3H3,(H2,38,42)/t25-,27+,28?,29?,30+,33-/m0/s1. The molecule has 2 unspecified atom stereocenters. The second-order valence-electron chi connectivity index (χ2n) is 14.3. The monoisotopic (exact) mass is 601 g/mol. The Kier molecular flexibility index (Phi) is 8.40. The van der Waals surface area contributed by atoms with Crippen LogP contribution >= 0.6 is 0 Å². The van der Waals surface area contributed by atoms with E-state index in [1.807, 2.05) is 12.1 Å². The van der Waals surface area contributed by atoms with Crippen LogP contribution in [0.15, 0.2) is 54.6 Å². The Morgan fingerprint density at radius 3 is 2.50 bits per heavy atom. The average Bonchev–Trinajstić information content (AvgIpc) is 3.74. The van der Waals surface area contributed by atoms with Gasteiger partial charge < -0.3 is 10.5 Å². The van der Waals surface area contributed by atoms with Gasteiger partial charge in [-0.3, -0.25) is 19.4 Å². The summed E-state index contributed by atoms with van der Waals surface area (Å²) in [5, 5.41) is 0. The summed E-state index contributed by atoms with van der Waals surface area (Å²) in [6, 6.07) is 15.1. The number of allylic oxidation sites excluding steroid dienone is 1. The van der Waals surface area contributed by atoms with Crippen LogP contribution in [0.3, 0.4) is 0 Å². The molecule has 6 rings (SSSR count). The molecule has 44 heavy (non-hydrogen) atoms. The number of nitrogens with zero attached hydrogens (tertiary/aromatic N) is 2. The first-order valence-electron chi connectivity index (χ1n) is 16.0. The summed E-state index contributed by atoms with van der Waals surface area (Å²) in [7, 11) is 0. The van der Waals surface area contributed by atoms with E-state index in [0.717, 1.165) is 50.9 Å². The van der Waals surface area contributed by atoms with E-state index in [0.29, 0.717) is 17.4 Å². The van der Waals surface area contributed by atoms with Crippen molar-refractivity contribution in [1.82, 2.24) is 9.80 Å². The van der Waals surface area contributed by atoms with E-state index in [1.54, 1.807) is 37.8 Å². The van der Waals surface area contributed by atoms with Crippen molar-refractivity contribution in [2.24, 2.45) is 29.4 Å². The molecule has 3 fully saturated rings. The maximum absolute atomic E-state index is 15.5. The number of rotatable bonds is 9. The number of primary amides is 1. The number of Topliss-reactive ketones (excluding diaryl/α,β-unsaturated/α-hetero) is 1. The molecule has 234 valence electrons. The molecule has 2 N–H and O–H groups in total. The number of carbonyl (C=O) groups is 3. The minimum atomic E-state index is -0.858. The lowest BCUT2D eigenvalue weighted by Gasteiger charge is -2.36. The number of likely N-dealkylation sites (tertiary alicyclic amines) is 2. The zero-order valence-electron chi connectivity index (χ0n) is 26.0. The van der Waals surface area contributed by atoms with E-state index in [9.17, 15) is 14.4 Å². The summed E-state index contributed by atoms with van der Waals surface area (Å²) in [5.74, 6) is -1.04. The van der Waals surface area contributed by atoms with Gasteiger partial charge in [0.05, 0.1) is 6.04 Å². The van der Waals surface area contributed by atoms with Crippen LogP contribution in [0, 0.1) is 29.5 Å². The summed E-state index contributed by atoms with van der Waals surface area (Å²) in [6.07, 6.45) is 5.11. The Morgan fingerprint density at radius 1 is 1.05 bits per heavy atom. The van der Waals surface area contributed by atoms with E-state index < -0.39 is 29.6 Å². The summed E-state index contributed by atoms with van der Waals surface area (Å²) in [4.78, 5) is 43.2. The van der Waals surface area contributed by atoms with Gasteiger partial charge in [-0.05, 0) is 99.0 Å². The van der Waals surface area contributed by atoms with Crippen LogP contribution < -0.4 is 5.73 Å². The van der Waals surface area contributed by atoms with E-state index in [-0.39, 0.29) is 36.4 Å². The number of ether oxygens (including phenoxy) is 1. The molecule has 1 saturated carbocycles. The normalized spacial score (nSPS) is 26.9. The summed E-state index contributed by atoms with van der Waals surface area (Å²) in [6.45, 7) is 8.39. The number of carbonyl (C=O) groups excluding carboxylic acids is 3. The first-order valence-corrected chi connectivity index (χ1v) is 16.0. The highest BCUT2D eigenvalue weighted by molar-refractivity contribution is 5.92. The molecule has 2 bridgehead atoms. The van der Waals surface area contributed by atoms with Crippen molar-refractivity contribution in [2.45, 2.75) is 83.5 Å². The highest BCUT2D eigenvalue weighted by Gasteiger charge is 2.52. The number of piperidine rings is 1. The molecule has 2 aromatic rings. The quantitative estimate of drug-likeness (QED) is 0.395. The second-order valence-corrected chi connectivity index (χ2v) is 14.3. The number of hydrogen-bond donors (Lipinski definition) is 1. The Labute approximate surface area is 259 Å². The van der Waals surface area contributed by atoms with E-state index in [4.69, 9.17) is 10.5 Å². The fourth-order valence-electron chi connectivity index (χ4n) is 7.98. The first kappa shape index (κ1) is 30.5. The van der Waals surface area contributed by atoms with Crippen LogP contribution in [-0.4, -0.2) is 58.4 Å². The number of ketones is 1. The SMILES string of the molecule is CC(C)(C)OC(=O)N1[C@@H]2CC[C@@H](C2)[C@H]1C(=O)C[C@@H](Cc1ccc(C2=CC3CN(Cc4ccccc4)CC3C2)cc1F)C(N)=O. The molecule has 2 aliphatic carbocycles. The van der Waals surface area contributed by atoms with Crippen molar-refractivity contribution >= 4 is 23.4 Å². The molecule has 6 atom stereocenters. The fourth-order valence-corrected chi connectivity index (χ4v) is 7.98. The highest BCUT2D eigenvalue weighted by atomic mass is 19.1. The lowest BCUT2D eigenvalue weighted by molar-refractivity contribution is -0.131. The largest absolute Gasteiger partial charge is 0.444 e. The lowest BCUT2D eigenvalue weighted by atomic mass is 9.86. The van der Waals surface area contributed by atoms with E-state index in [1.165, 1.54) is 11.1 Å². The van der Waals surface area contributed by atoms with Gasteiger partial charge >= 0.3 is 6.09 Å². The Bertz CT molecular complexity index is 1450. The third kappa shape index (κ3) is 6.46. The van der Waals surface area contributed by atoms with Gasteiger partial charge in [0.1, 0.15) is 11.4 Å². The van der Waals surface area contributed by atoms with Gasteiger partial charge in [0.2, 0.25) is 5.91 Å². The number of benzene rings is 2. The van der Waals surface area contributed by atoms with Crippen molar-refractivity contribution in [3.63, 3.8) is 0 Å². The number of hydrogen-bond acceptors (Lipinski definition) is 5. The van der Waals surface area contributed by atoms with Crippen molar-refractivity contribution in [2.75, 3.05) is 13.1 Å². The van der Waals surface area contributed by atoms with Crippen LogP contribution in [0.5, 0.6) is 0 Å². The average molecular weight is 602 g/mol. The Hall–Kier alpha value is -3.52. The van der Waals surface area contributed by atoms with Crippen molar-refractivity contribution in [3.8, 4) is 0 Å². The van der Waals surface area contributed by atoms with Gasteiger partial charge in [-0.1, -0.05) is 48.5 Å². The minimum absolute atomic E-state index is 0.0304. The molecular formula is C36H44FN3O4. The van der Waals surface area contributed by atoms with Crippen molar-refractivity contribution in [3.05, 3.63) is 77.1 Å². The zero-order valence-corrected chi connectivity index (χ0v) is 26.0. The molecule has 0 spiro atoms. The molecule has 2 amide bonds. The van der Waals surface area contributed by atoms with Crippen LogP contribution in [0.25, 0.3) is 5.57 Å². The number of halogens is 1. The molecule has 2 aromatic carbocycles. The predicted octanol–water partition coefficient (Wildman–Crippen LogP) is 5.75. The van der Waals surface area contributed by atoms with Gasteiger partial charge in [-0.15, -0.1) is 0 Å². The van der Waals surface area contributed by atoms with Crippen LogP contribution in [-0.2, 0) is 27.3 Å². The summed E-state index contributed by atoms with van der Waals surface area (Å²) >= 11 is 0. The first-order chi connectivity index (χ1) is 20.9. The van der Waals surface area contributed by atoms with Crippen LogP contribution in [0.1, 0.15) is 69.6 Å². The second kappa shape index (κ2) is 12.1. The number of fused-ring (bicyclic) bond motifs is 3. The van der Waals surface area contributed by atoms with Crippen molar-refractivity contribution < 1.29 is 23.5 Å². The fraction of sp³-hybridized carbons (Fsp3) is 0.528. The number of nitrogens with two attached hydrogens (primary N) is 1. The Morgan fingerprint density at radius 2 is 1.82 bits per heavy atom. The smallest absolute Gasteiger partial charge is 0.411 e. The molecule has 2 saturated heterocycles. The van der Waals surface area contributed by atoms with Gasteiger partial charge in [0.15, 0.2) is 5.78 Å². The summed E-state index contributed by atoms with van der Waals surface area (Å²) < 4.78 is 21.1. The molecule has 4 aliphatic rings. The van der Waals surface area contributed by atoms with E-state index >= 15 is 4.39 Å². The molecule has 8 heteroatoms. The minimum Gasteiger partial charge on any atom is -0.444 e. The summed E-state index contributed by atoms with van der Waals surface area (Å²) in [5.41, 5.74) is 8.80. The third-order valence-corrected chi connectivity index (χ3v) is 9.97. The molecule has 7 nitrogen and oxygen atoms in total. The maximum atomic E-state index is 15.5. The van der Waals surface area contributed by atoms with E-state index in [2.05, 4.69) is 35.2 Å². The number of amides is 2. The molecule has 0 aromatic heterocycles. The van der Waals surface area contributed by atoms with Crippen LogP contribution in [0.4, 0.5) is 9.18 Å².